The SMILES string of the molecule is Cc1cccnc1-c1cccc(-c2c[nH]c3ncc(-c4ccc5c(c4)CC[C@@H](N4C6COCC4C6)CC5)cc23)c1. The molecule has 0 saturated carbocycles. The number of nitrogens with one attached hydrogen (secondary N) is 1. The van der Waals surface area contributed by atoms with Crippen molar-refractivity contribution in [2.75, 3.05) is 13.2 Å². The lowest BCUT2D eigenvalue weighted by Crippen LogP contribution is -2.66. The van der Waals surface area contributed by atoms with Crippen LogP contribution in [0.4, 0.5) is 0 Å². The number of fused-ring (bicyclic) bond motifs is 4. The van der Waals surface area contributed by atoms with Crippen LogP contribution in [0.5, 0.6) is 0 Å². The highest BCUT2D eigenvalue weighted by Crippen LogP contribution is 2.38. The summed E-state index contributed by atoms with van der Waals surface area (Å²) in [7, 11) is 0. The van der Waals surface area contributed by atoms with E-state index in [9.17, 15) is 0 Å². The fraction of sp³-hybridized carbons (Fsp3) is 0.314. The monoisotopic (exact) mass is 526 g/mol. The Kier molecular flexibility index (Phi) is 5.82. The molecule has 2 aliphatic heterocycles. The van der Waals surface area contributed by atoms with Gasteiger partial charge in [0, 0.05) is 58.8 Å². The average Bonchev–Trinajstić information content (AvgIpc) is 3.32. The fourth-order valence-corrected chi connectivity index (χ4v) is 7.35. The fourth-order valence-electron chi connectivity index (χ4n) is 7.35. The maximum absolute atomic E-state index is 5.75. The van der Waals surface area contributed by atoms with Crippen LogP contribution in [0, 0.1) is 6.92 Å². The third-order valence-corrected chi connectivity index (χ3v) is 9.45. The Labute approximate surface area is 235 Å². The zero-order valence-corrected chi connectivity index (χ0v) is 22.9. The maximum Gasteiger partial charge on any atom is 0.137 e. The Balaban J connectivity index is 1.09. The van der Waals surface area contributed by atoms with Crippen molar-refractivity contribution in [3.8, 4) is 33.5 Å². The van der Waals surface area contributed by atoms with Gasteiger partial charge in [-0.3, -0.25) is 9.88 Å². The van der Waals surface area contributed by atoms with Crippen LogP contribution < -0.4 is 0 Å². The van der Waals surface area contributed by atoms with Crippen LogP contribution >= 0.6 is 0 Å². The van der Waals surface area contributed by atoms with Gasteiger partial charge in [-0.15, -0.1) is 0 Å². The number of hydrogen-bond acceptors (Lipinski definition) is 4. The van der Waals surface area contributed by atoms with Crippen LogP contribution in [0.1, 0.15) is 36.0 Å². The van der Waals surface area contributed by atoms with E-state index in [1.165, 1.54) is 64.6 Å². The van der Waals surface area contributed by atoms with E-state index in [1.807, 2.05) is 18.5 Å². The second kappa shape index (κ2) is 9.69. The number of pyridine rings is 2. The van der Waals surface area contributed by atoms with Crippen LogP contribution in [0.25, 0.3) is 44.5 Å². The minimum atomic E-state index is 0.655. The normalized spacial score (nSPS) is 22.5. The first kappa shape index (κ1) is 24.0. The van der Waals surface area contributed by atoms with Gasteiger partial charge in [0.05, 0.1) is 18.9 Å². The van der Waals surface area contributed by atoms with Gasteiger partial charge in [0.15, 0.2) is 0 Å². The maximum atomic E-state index is 5.75. The van der Waals surface area contributed by atoms with E-state index in [0.717, 1.165) is 41.9 Å². The van der Waals surface area contributed by atoms with Crippen molar-refractivity contribution in [1.29, 1.82) is 0 Å². The number of hydrogen-bond donors (Lipinski definition) is 1. The summed E-state index contributed by atoms with van der Waals surface area (Å²) < 4.78 is 5.75. The zero-order chi connectivity index (χ0) is 26.6. The van der Waals surface area contributed by atoms with Crippen molar-refractivity contribution in [3.05, 3.63) is 95.9 Å². The van der Waals surface area contributed by atoms with Crippen molar-refractivity contribution < 1.29 is 4.74 Å². The standard InChI is InChI=1S/C35H34N4O/c1-22-4-3-13-36-34(22)27-6-2-5-26(15-27)33-19-38-35-32(33)16-28(18-37-35)25-8-7-23-9-11-29(12-10-24(23)14-25)39-30-17-31(39)21-40-20-30/h2-8,13-16,18-19,29-31H,9-12,17,20-21H2,1H3,(H,37,38)/t29-,30?,31?/m0/s1. The van der Waals surface area contributed by atoms with Crippen LogP contribution in [-0.4, -0.2) is 51.2 Å². The first-order valence-corrected chi connectivity index (χ1v) is 14.7. The molecule has 1 N–H and O–H groups in total. The molecule has 200 valence electrons. The number of ether oxygens (including phenoxy) is 1. The predicted octanol–water partition coefficient (Wildman–Crippen LogP) is 6.99. The minimum Gasteiger partial charge on any atom is -0.378 e. The smallest absolute Gasteiger partial charge is 0.137 e. The number of aryl methyl sites for hydroxylation is 3. The summed E-state index contributed by atoms with van der Waals surface area (Å²) in [4.78, 5) is 15.6. The summed E-state index contributed by atoms with van der Waals surface area (Å²) in [5.74, 6) is 0. The number of rotatable bonds is 4. The van der Waals surface area contributed by atoms with E-state index >= 15 is 0 Å². The molecular formula is C35H34N4O. The summed E-state index contributed by atoms with van der Waals surface area (Å²) in [5, 5.41) is 1.15. The third-order valence-electron chi connectivity index (χ3n) is 9.45. The number of H-pyrrole nitrogens is 1. The Morgan fingerprint density at radius 1 is 0.800 bits per heavy atom. The third kappa shape index (κ3) is 4.07. The molecule has 40 heavy (non-hydrogen) atoms. The number of nitrogens with zero attached hydrogens (tertiary/aromatic N) is 3. The summed E-state index contributed by atoms with van der Waals surface area (Å²) in [6.07, 6.45) is 12.1. The lowest BCUT2D eigenvalue weighted by molar-refractivity contribution is -0.148. The molecule has 1 aliphatic carbocycles. The Bertz CT molecular complexity index is 1710. The zero-order valence-electron chi connectivity index (χ0n) is 22.9. The van der Waals surface area contributed by atoms with E-state index in [-0.39, 0.29) is 0 Å². The van der Waals surface area contributed by atoms with Crippen LogP contribution in [0.15, 0.2) is 79.3 Å². The highest BCUT2D eigenvalue weighted by molar-refractivity contribution is 5.96. The minimum absolute atomic E-state index is 0.655. The second-order valence-corrected chi connectivity index (χ2v) is 11.8. The van der Waals surface area contributed by atoms with Gasteiger partial charge in [0.25, 0.3) is 0 Å². The van der Waals surface area contributed by atoms with E-state index < -0.39 is 0 Å². The van der Waals surface area contributed by atoms with Crippen LogP contribution in [0.3, 0.4) is 0 Å². The molecule has 2 aromatic carbocycles. The molecule has 2 unspecified atom stereocenters. The van der Waals surface area contributed by atoms with E-state index in [1.54, 1.807) is 0 Å². The number of aromatic nitrogens is 3. The van der Waals surface area contributed by atoms with Crippen molar-refractivity contribution in [1.82, 2.24) is 19.9 Å². The molecule has 3 atom stereocenters. The van der Waals surface area contributed by atoms with Crippen molar-refractivity contribution >= 4 is 11.0 Å². The highest BCUT2D eigenvalue weighted by atomic mass is 16.5. The Morgan fingerprint density at radius 2 is 1.65 bits per heavy atom. The Hall–Kier alpha value is -3.80. The van der Waals surface area contributed by atoms with Gasteiger partial charge in [-0.25, -0.2) is 4.98 Å². The molecule has 5 heteroatoms. The molecule has 2 bridgehead atoms. The van der Waals surface area contributed by atoms with Gasteiger partial charge in [-0.1, -0.05) is 42.5 Å². The molecule has 5 aromatic rings. The van der Waals surface area contributed by atoms with Crippen molar-refractivity contribution in [2.24, 2.45) is 0 Å². The molecule has 8 rings (SSSR count). The Morgan fingerprint density at radius 3 is 2.50 bits per heavy atom. The van der Waals surface area contributed by atoms with Gasteiger partial charge in [0.1, 0.15) is 5.65 Å². The van der Waals surface area contributed by atoms with Gasteiger partial charge in [-0.2, -0.15) is 0 Å². The summed E-state index contributed by atoms with van der Waals surface area (Å²) >= 11 is 0. The van der Waals surface area contributed by atoms with Crippen LogP contribution in [-0.2, 0) is 17.6 Å². The van der Waals surface area contributed by atoms with Crippen molar-refractivity contribution in [3.63, 3.8) is 0 Å². The number of morpholine rings is 1. The van der Waals surface area contributed by atoms with Gasteiger partial charge in [-0.05, 0) is 85.0 Å². The van der Waals surface area contributed by atoms with Crippen LogP contribution in [0.2, 0.25) is 0 Å². The van der Waals surface area contributed by atoms with Gasteiger partial charge < -0.3 is 9.72 Å². The lowest BCUT2D eigenvalue weighted by Gasteiger charge is -2.56. The molecule has 2 fully saturated rings. The largest absolute Gasteiger partial charge is 0.378 e. The number of aromatic amines is 1. The summed E-state index contributed by atoms with van der Waals surface area (Å²) in [5.41, 5.74) is 12.0. The molecule has 0 spiro atoms. The topological polar surface area (TPSA) is 54.0 Å². The second-order valence-electron chi connectivity index (χ2n) is 11.8. The molecule has 3 aliphatic rings. The predicted molar refractivity (Wildman–Crippen MR) is 160 cm³/mol. The van der Waals surface area contributed by atoms with E-state index in [4.69, 9.17) is 9.72 Å². The molecule has 3 aromatic heterocycles. The quantitative estimate of drug-likeness (QED) is 0.257. The molecule has 0 radical (unpaired) electrons. The first-order chi connectivity index (χ1) is 19.7. The van der Waals surface area contributed by atoms with E-state index in [2.05, 4.69) is 82.6 Å². The average molecular weight is 527 g/mol. The summed E-state index contributed by atoms with van der Waals surface area (Å²) in [6, 6.07) is 24.2. The van der Waals surface area contributed by atoms with Crippen molar-refractivity contribution in [2.45, 2.75) is 57.2 Å². The highest BCUT2D eigenvalue weighted by Gasteiger charge is 2.45. The molecular weight excluding hydrogens is 492 g/mol. The molecule has 2 saturated heterocycles. The first-order valence-electron chi connectivity index (χ1n) is 14.7. The number of benzene rings is 2. The summed E-state index contributed by atoms with van der Waals surface area (Å²) in [6.45, 7) is 3.96. The molecule has 5 heterocycles. The molecule has 0 amide bonds. The van der Waals surface area contributed by atoms with Gasteiger partial charge in [0.2, 0.25) is 0 Å². The van der Waals surface area contributed by atoms with Gasteiger partial charge >= 0.3 is 0 Å². The van der Waals surface area contributed by atoms with E-state index in [0.29, 0.717) is 18.1 Å². The molecule has 5 nitrogen and oxygen atoms in total. The lowest BCUT2D eigenvalue weighted by atomic mass is 9.87.